The molecule has 1 amide bonds. The Bertz CT molecular complexity index is 530. The number of primary amides is 1. The van der Waals surface area contributed by atoms with Crippen molar-refractivity contribution < 1.29 is 44.7 Å². The maximum atomic E-state index is 11.8. The van der Waals surface area contributed by atoms with Crippen LogP contribution in [0.4, 0.5) is 0 Å². The highest BCUT2D eigenvalue weighted by Crippen LogP contribution is 2.34. The van der Waals surface area contributed by atoms with Gasteiger partial charge in [0.15, 0.2) is 11.4 Å². The fourth-order valence-electron chi connectivity index (χ4n) is 2.45. The van der Waals surface area contributed by atoms with Gasteiger partial charge in [-0.2, -0.15) is 0 Å². The highest BCUT2D eigenvalue weighted by Gasteiger charge is 2.65. The number of amides is 1. The molecule has 0 aliphatic carbocycles. The van der Waals surface area contributed by atoms with Gasteiger partial charge in [-0.3, -0.25) is 19.7 Å². The monoisotopic (exact) mass is 351 g/mol. The van der Waals surface area contributed by atoms with Gasteiger partial charge in [-0.05, 0) is 0 Å². The topological polar surface area (TPSA) is 226 Å². The third-order valence-electron chi connectivity index (χ3n) is 3.83. The molecule has 0 aromatic carbocycles. The van der Waals surface area contributed by atoms with Gasteiger partial charge in [-0.25, -0.2) is 0 Å². The smallest absolute Gasteiger partial charge is 0.321 e. The molecule has 0 aromatic rings. The Hall–Kier alpha value is -1.67. The van der Waals surface area contributed by atoms with Crippen LogP contribution in [0.15, 0.2) is 0 Å². The third kappa shape index (κ3) is 3.39. The molecular formula is C12H21N3O9. The Labute approximate surface area is 136 Å². The van der Waals surface area contributed by atoms with Crippen LogP contribution in [0.25, 0.3) is 0 Å². The van der Waals surface area contributed by atoms with E-state index in [1.807, 2.05) is 5.32 Å². The standard InChI is InChI=1S/C12H21N3O9/c1-4(17)12(23)11(14,9(20)8(19)6(3-16)24-12)15-5(10(21)22)2-7(13)18/h5-6,8-9,15-16,19-20,23H,2-3,14H2,1H3,(H2,13,18)(H,21,22)/t5-,6+,8+,9-,11-,12?/m0/s1. The highest BCUT2D eigenvalue weighted by atomic mass is 16.7. The van der Waals surface area contributed by atoms with Crippen LogP contribution in [0, 0.1) is 0 Å². The van der Waals surface area contributed by atoms with Gasteiger partial charge < -0.3 is 41.7 Å². The van der Waals surface area contributed by atoms with Gasteiger partial charge in [0.2, 0.25) is 5.91 Å². The van der Waals surface area contributed by atoms with E-state index in [-0.39, 0.29) is 0 Å². The van der Waals surface area contributed by atoms with Crippen LogP contribution in [0.2, 0.25) is 0 Å². The number of carbonyl (C=O) groups excluding carboxylic acids is 2. The molecule has 0 saturated carbocycles. The van der Waals surface area contributed by atoms with Crippen LogP contribution in [0.1, 0.15) is 13.3 Å². The fourth-order valence-corrected chi connectivity index (χ4v) is 2.45. The molecule has 0 spiro atoms. The lowest BCUT2D eigenvalue weighted by molar-refractivity contribution is -0.330. The van der Waals surface area contributed by atoms with E-state index >= 15 is 0 Å². The van der Waals surface area contributed by atoms with E-state index in [0.717, 1.165) is 6.92 Å². The number of carboxylic acid groups (broad SMARTS) is 1. The van der Waals surface area contributed by atoms with E-state index in [1.54, 1.807) is 0 Å². The van der Waals surface area contributed by atoms with Gasteiger partial charge in [0.1, 0.15) is 24.4 Å². The number of carbonyl (C=O) groups is 3. The summed E-state index contributed by atoms with van der Waals surface area (Å²) in [4.78, 5) is 34.0. The Morgan fingerprint density at radius 1 is 1.33 bits per heavy atom. The quantitative estimate of drug-likeness (QED) is 0.202. The van der Waals surface area contributed by atoms with Gasteiger partial charge in [-0.1, -0.05) is 0 Å². The van der Waals surface area contributed by atoms with E-state index < -0.39 is 66.5 Å². The van der Waals surface area contributed by atoms with Crippen molar-refractivity contribution in [3.63, 3.8) is 0 Å². The number of hydrogen-bond donors (Lipinski definition) is 8. The van der Waals surface area contributed by atoms with E-state index in [1.165, 1.54) is 0 Å². The summed E-state index contributed by atoms with van der Waals surface area (Å²) >= 11 is 0. The summed E-state index contributed by atoms with van der Waals surface area (Å²) in [6, 6.07) is -1.80. The SMILES string of the molecule is CC(=O)C1(O)O[C@H](CO)[C@@H](O)[C@H](O)[C@]1(N)N[C@@H](CC(N)=O)C(=O)O. The zero-order valence-corrected chi connectivity index (χ0v) is 12.7. The maximum absolute atomic E-state index is 11.8. The van der Waals surface area contributed by atoms with E-state index in [0.29, 0.717) is 0 Å². The summed E-state index contributed by atoms with van der Waals surface area (Å²) in [5, 5.41) is 50.8. The van der Waals surface area contributed by atoms with Crippen molar-refractivity contribution in [3.05, 3.63) is 0 Å². The van der Waals surface area contributed by atoms with E-state index in [2.05, 4.69) is 0 Å². The largest absolute Gasteiger partial charge is 0.480 e. The highest BCUT2D eigenvalue weighted by molar-refractivity contribution is 5.86. The van der Waals surface area contributed by atoms with Crippen LogP contribution in [-0.2, 0) is 19.1 Å². The molecule has 138 valence electrons. The first kappa shape index (κ1) is 20.4. The van der Waals surface area contributed by atoms with E-state index in [4.69, 9.17) is 26.4 Å². The minimum Gasteiger partial charge on any atom is -0.480 e. The first-order chi connectivity index (χ1) is 10.9. The van der Waals surface area contributed by atoms with Gasteiger partial charge in [-0.15, -0.1) is 0 Å². The van der Waals surface area contributed by atoms with Crippen molar-refractivity contribution in [1.82, 2.24) is 5.32 Å². The normalized spacial score (nSPS) is 37.7. The molecule has 0 aromatic heterocycles. The zero-order chi connectivity index (χ0) is 18.9. The number of nitrogens with one attached hydrogen (secondary N) is 1. The molecule has 1 heterocycles. The molecule has 1 aliphatic rings. The lowest BCUT2D eigenvalue weighted by Gasteiger charge is -2.53. The van der Waals surface area contributed by atoms with Gasteiger partial charge in [0, 0.05) is 6.92 Å². The third-order valence-corrected chi connectivity index (χ3v) is 3.83. The van der Waals surface area contributed by atoms with Crippen molar-refractivity contribution in [2.75, 3.05) is 6.61 Å². The summed E-state index contributed by atoms with van der Waals surface area (Å²) in [5.41, 5.74) is 8.01. The van der Waals surface area contributed by atoms with E-state index in [9.17, 15) is 29.7 Å². The zero-order valence-electron chi connectivity index (χ0n) is 12.7. The average molecular weight is 351 g/mol. The Kier molecular flexibility index (Phi) is 6.00. The molecule has 1 aliphatic heterocycles. The Morgan fingerprint density at radius 3 is 2.25 bits per heavy atom. The maximum Gasteiger partial charge on any atom is 0.321 e. The first-order valence-electron chi connectivity index (χ1n) is 6.86. The molecule has 24 heavy (non-hydrogen) atoms. The number of aliphatic carboxylic acids is 1. The number of carboxylic acids is 1. The predicted octanol–water partition coefficient (Wildman–Crippen LogP) is -5.05. The van der Waals surface area contributed by atoms with Crippen molar-refractivity contribution in [1.29, 1.82) is 0 Å². The molecule has 1 fully saturated rings. The second-order valence-electron chi connectivity index (χ2n) is 5.55. The van der Waals surface area contributed by atoms with Crippen molar-refractivity contribution in [2.24, 2.45) is 11.5 Å². The number of aliphatic hydroxyl groups is 4. The summed E-state index contributed by atoms with van der Waals surface area (Å²) in [6.45, 7) is -0.0282. The Balaban J connectivity index is 3.32. The number of ether oxygens (including phenoxy) is 1. The van der Waals surface area contributed by atoms with Crippen LogP contribution < -0.4 is 16.8 Å². The van der Waals surface area contributed by atoms with Gasteiger partial charge in [0.05, 0.1) is 13.0 Å². The molecule has 1 saturated heterocycles. The minimum absolute atomic E-state index is 0.783. The number of nitrogens with two attached hydrogens (primary N) is 2. The van der Waals surface area contributed by atoms with Crippen molar-refractivity contribution in [2.45, 2.75) is 49.1 Å². The predicted molar refractivity (Wildman–Crippen MR) is 74.9 cm³/mol. The summed E-state index contributed by atoms with van der Waals surface area (Å²) in [5.74, 6) is -6.78. The lowest BCUT2D eigenvalue weighted by atomic mass is 9.81. The molecule has 0 radical (unpaired) electrons. The summed E-state index contributed by atoms with van der Waals surface area (Å²) in [6.07, 6.45) is -6.34. The molecule has 12 heteroatoms. The number of Topliss-reactive ketones (excluding diaryl/α,β-unsaturated/α-hetero) is 1. The number of rotatable bonds is 7. The lowest BCUT2D eigenvalue weighted by Crippen LogP contribution is -2.85. The molecular weight excluding hydrogens is 330 g/mol. The number of hydrogen-bond acceptors (Lipinski definition) is 10. The molecule has 12 nitrogen and oxygen atoms in total. The van der Waals surface area contributed by atoms with Crippen LogP contribution in [0.3, 0.4) is 0 Å². The molecule has 1 unspecified atom stereocenters. The second kappa shape index (κ2) is 7.06. The molecule has 0 bridgehead atoms. The van der Waals surface area contributed by atoms with Crippen molar-refractivity contribution in [3.8, 4) is 0 Å². The fraction of sp³-hybridized carbons (Fsp3) is 0.750. The first-order valence-corrected chi connectivity index (χ1v) is 6.86. The molecule has 1 rings (SSSR count). The van der Waals surface area contributed by atoms with Crippen LogP contribution in [-0.4, -0.2) is 85.6 Å². The van der Waals surface area contributed by atoms with Gasteiger partial charge >= 0.3 is 5.97 Å². The van der Waals surface area contributed by atoms with Crippen LogP contribution >= 0.6 is 0 Å². The number of ketones is 1. The average Bonchev–Trinajstić information content (AvgIpc) is 2.47. The van der Waals surface area contributed by atoms with Crippen LogP contribution in [0.5, 0.6) is 0 Å². The molecule has 6 atom stereocenters. The minimum atomic E-state index is -3.00. The summed E-state index contributed by atoms with van der Waals surface area (Å²) < 4.78 is 4.92. The summed E-state index contributed by atoms with van der Waals surface area (Å²) in [7, 11) is 0. The van der Waals surface area contributed by atoms with Gasteiger partial charge in [0.25, 0.3) is 5.79 Å². The second-order valence-corrected chi connectivity index (χ2v) is 5.55. The molecule has 10 N–H and O–H groups in total. The Morgan fingerprint density at radius 2 is 1.88 bits per heavy atom. The van der Waals surface area contributed by atoms with Crippen molar-refractivity contribution >= 4 is 17.7 Å². The number of aliphatic hydroxyl groups excluding tert-OH is 3.